The number of nitrogens with zero attached hydrogens (tertiary/aromatic N) is 1. The van der Waals surface area contributed by atoms with E-state index in [1.807, 2.05) is 24.3 Å². The number of benzene rings is 2. The fourth-order valence-corrected chi connectivity index (χ4v) is 5.53. The zero-order chi connectivity index (χ0) is 20.2. The van der Waals surface area contributed by atoms with Crippen molar-refractivity contribution in [3.63, 3.8) is 0 Å². The second-order valence-electron chi connectivity index (χ2n) is 8.97. The summed E-state index contributed by atoms with van der Waals surface area (Å²) in [6.45, 7) is 5.00. The lowest BCUT2D eigenvalue weighted by atomic mass is 9.80. The quantitative estimate of drug-likeness (QED) is 0.829. The molecule has 0 spiro atoms. The van der Waals surface area contributed by atoms with Gasteiger partial charge in [0.25, 0.3) is 0 Å². The average molecular weight is 395 g/mol. The number of aryl methyl sites for hydroxylation is 2. The van der Waals surface area contributed by atoms with Gasteiger partial charge in [0.05, 0.1) is 11.7 Å². The maximum absolute atomic E-state index is 11.5. The van der Waals surface area contributed by atoms with Gasteiger partial charge in [0, 0.05) is 18.6 Å². The molecule has 5 rings (SSSR count). The molecule has 2 N–H and O–H groups in total. The first-order valence-electron chi connectivity index (χ1n) is 10.6. The molecule has 5 heteroatoms. The molecule has 2 aromatic carbocycles. The maximum atomic E-state index is 11.5. The Kier molecular flexibility index (Phi) is 4.57. The van der Waals surface area contributed by atoms with Crippen molar-refractivity contribution in [2.45, 2.75) is 63.3 Å². The van der Waals surface area contributed by atoms with E-state index in [4.69, 9.17) is 9.47 Å². The molecule has 0 aromatic heterocycles. The van der Waals surface area contributed by atoms with Gasteiger partial charge in [0.15, 0.2) is 11.5 Å². The van der Waals surface area contributed by atoms with Crippen LogP contribution >= 0.6 is 0 Å². The standard InChI is InChI=1S/C24H29NO4/c1-15-3-7-20(16(2)9-15)21(26)13-25-18-5-6-19(25)12-24(27,11-18)17-4-8-22-23(10-17)29-14-28-22/h3-4,7-10,18-19,21,26-27H,5-6,11-14H2,1-2H3/t18-,19-,21-/m0/s1. The van der Waals surface area contributed by atoms with E-state index in [2.05, 4.69) is 30.9 Å². The van der Waals surface area contributed by atoms with E-state index in [1.165, 1.54) is 5.56 Å². The van der Waals surface area contributed by atoms with Gasteiger partial charge in [-0.3, -0.25) is 4.90 Å². The van der Waals surface area contributed by atoms with E-state index >= 15 is 0 Å². The van der Waals surface area contributed by atoms with Crippen molar-refractivity contribution in [2.75, 3.05) is 13.3 Å². The summed E-state index contributed by atoms with van der Waals surface area (Å²) in [6.07, 6.45) is 3.00. The minimum atomic E-state index is -0.853. The number of hydrogen-bond acceptors (Lipinski definition) is 5. The van der Waals surface area contributed by atoms with Crippen LogP contribution in [0.25, 0.3) is 0 Å². The van der Waals surface area contributed by atoms with Crippen LogP contribution < -0.4 is 9.47 Å². The summed E-state index contributed by atoms with van der Waals surface area (Å²) >= 11 is 0. The van der Waals surface area contributed by atoms with Crippen molar-refractivity contribution >= 4 is 0 Å². The lowest BCUT2D eigenvalue weighted by Crippen LogP contribution is -2.50. The molecular formula is C24H29NO4. The molecule has 0 amide bonds. The van der Waals surface area contributed by atoms with Crippen molar-refractivity contribution in [2.24, 2.45) is 0 Å². The number of rotatable bonds is 4. The first kappa shape index (κ1) is 18.9. The molecule has 154 valence electrons. The molecule has 3 aliphatic heterocycles. The van der Waals surface area contributed by atoms with Crippen LogP contribution in [0.3, 0.4) is 0 Å². The molecule has 3 heterocycles. The summed E-state index contributed by atoms with van der Waals surface area (Å²) < 4.78 is 10.9. The van der Waals surface area contributed by atoms with E-state index in [-0.39, 0.29) is 18.9 Å². The van der Waals surface area contributed by atoms with E-state index in [9.17, 15) is 10.2 Å². The summed E-state index contributed by atoms with van der Waals surface area (Å²) in [5, 5.41) is 22.4. The third-order valence-electron chi connectivity index (χ3n) is 7.00. The Bertz CT molecular complexity index is 913. The largest absolute Gasteiger partial charge is 0.454 e. The Morgan fingerprint density at radius 2 is 1.76 bits per heavy atom. The predicted molar refractivity (Wildman–Crippen MR) is 110 cm³/mol. The van der Waals surface area contributed by atoms with Gasteiger partial charge in [-0.1, -0.05) is 29.8 Å². The van der Waals surface area contributed by atoms with Gasteiger partial charge in [-0.2, -0.15) is 0 Å². The highest BCUT2D eigenvalue weighted by Gasteiger charge is 2.48. The van der Waals surface area contributed by atoms with Crippen LogP contribution in [-0.4, -0.2) is 40.5 Å². The Balaban J connectivity index is 1.33. The Hall–Kier alpha value is -2.08. The average Bonchev–Trinajstić information content (AvgIpc) is 3.24. The van der Waals surface area contributed by atoms with Crippen LogP contribution in [0.2, 0.25) is 0 Å². The molecule has 3 aliphatic rings. The van der Waals surface area contributed by atoms with Crippen LogP contribution in [0.15, 0.2) is 36.4 Å². The second-order valence-corrected chi connectivity index (χ2v) is 8.97. The molecule has 2 bridgehead atoms. The highest BCUT2D eigenvalue weighted by molar-refractivity contribution is 5.46. The van der Waals surface area contributed by atoms with Crippen LogP contribution in [0, 0.1) is 13.8 Å². The summed E-state index contributed by atoms with van der Waals surface area (Å²) in [7, 11) is 0. The van der Waals surface area contributed by atoms with Gasteiger partial charge >= 0.3 is 0 Å². The molecule has 0 aliphatic carbocycles. The summed E-state index contributed by atoms with van der Waals surface area (Å²) in [6, 6.07) is 12.6. The summed E-state index contributed by atoms with van der Waals surface area (Å²) in [5.74, 6) is 1.46. The number of piperidine rings is 1. The molecule has 2 saturated heterocycles. The number of aliphatic hydroxyl groups excluding tert-OH is 1. The summed E-state index contributed by atoms with van der Waals surface area (Å²) in [4.78, 5) is 2.42. The van der Waals surface area contributed by atoms with Crippen molar-refractivity contribution < 1.29 is 19.7 Å². The number of ether oxygens (including phenoxy) is 2. The SMILES string of the molecule is Cc1ccc([C@@H](O)CN2[C@H]3CC[C@H]2CC(O)(c2ccc4c(c2)OCO4)C3)c(C)c1. The predicted octanol–water partition coefficient (Wildman–Crippen LogP) is 3.58. The van der Waals surface area contributed by atoms with Gasteiger partial charge in [-0.15, -0.1) is 0 Å². The van der Waals surface area contributed by atoms with Gasteiger partial charge < -0.3 is 19.7 Å². The van der Waals surface area contributed by atoms with E-state index < -0.39 is 11.7 Å². The lowest BCUT2D eigenvalue weighted by Gasteiger charge is -2.44. The van der Waals surface area contributed by atoms with E-state index in [0.717, 1.165) is 41.0 Å². The Morgan fingerprint density at radius 3 is 2.48 bits per heavy atom. The van der Waals surface area contributed by atoms with Gasteiger partial charge in [0.1, 0.15) is 0 Å². The van der Waals surface area contributed by atoms with Crippen LogP contribution in [-0.2, 0) is 5.60 Å². The molecule has 3 atom stereocenters. The maximum Gasteiger partial charge on any atom is 0.231 e. The van der Waals surface area contributed by atoms with Crippen molar-refractivity contribution in [1.29, 1.82) is 0 Å². The van der Waals surface area contributed by atoms with Gasteiger partial charge in [-0.25, -0.2) is 0 Å². The molecule has 2 aromatic rings. The Morgan fingerprint density at radius 1 is 1.03 bits per heavy atom. The first-order chi connectivity index (χ1) is 13.9. The zero-order valence-electron chi connectivity index (χ0n) is 17.1. The zero-order valence-corrected chi connectivity index (χ0v) is 17.1. The van der Waals surface area contributed by atoms with E-state index in [1.54, 1.807) is 0 Å². The molecule has 5 nitrogen and oxygen atoms in total. The molecule has 29 heavy (non-hydrogen) atoms. The molecular weight excluding hydrogens is 366 g/mol. The fraction of sp³-hybridized carbons (Fsp3) is 0.500. The second kappa shape index (κ2) is 7.01. The highest BCUT2D eigenvalue weighted by atomic mass is 16.7. The molecule has 0 unspecified atom stereocenters. The summed E-state index contributed by atoms with van der Waals surface area (Å²) in [5.41, 5.74) is 3.41. The van der Waals surface area contributed by atoms with Gasteiger partial charge in [-0.05, 0) is 68.4 Å². The smallest absolute Gasteiger partial charge is 0.231 e. The van der Waals surface area contributed by atoms with E-state index in [0.29, 0.717) is 19.4 Å². The third-order valence-corrected chi connectivity index (χ3v) is 7.00. The molecule has 0 radical (unpaired) electrons. The highest BCUT2D eigenvalue weighted by Crippen LogP contribution is 2.48. The lowest BCUT2D eigenvalue weighted by molar-refractivity contribution is -0.0667. The van der Waals surface area contributed by atoms with Crippen LogP contribution in [0.1, 0.15) is 54.0 Å². The minimum Gasteiger partial charge on any atom is -0.454 e. The Labute approximate surface area is 171 Å². The topological polar surface area (TPSA) is 62.2 Å². The monoisotopic (exact) mass is 395 g/mol. The number of fused-ring (bicyclic) bond motifs is 3. The molecule has 2 fully saturated rings. The van der Waals surface area contributed by atoms with Crippen LogP contribution in [0.5, 0.6) is 11.5 Å². The van der Waals surface area contributed by atoms with Gasteiger partial charge in [0.2, 0.25) is 6.79 Å². The van der Waals surface area contributed by atoms with Crippen molar-refractivity contribution in [1.82, 2.24) is 4.90 Å². The van der Waals surface area contributed by atoms with Crippen molar-refractivity contribution in [3.8, 4) is 11.5 Å². The van der Waals surface area contributed by atoms with Crippen LogP contribution in [0.4, 0.5) is 0 Å². The third kappa shape index (κ3) is 3.31. The van der Waals surface area contributed by atoms with Crippen molar-refractivity contribution in [3.05, 3.63) is 58.7 Å². The minimum absolute atomic E-state index is 0.243. The number of hydrogen-bond donors (Lipinski definition) is 2. The first-order valence-corrected chi connectivity index (χ1v) is 10.6. The fourth-order valence-electron chi connectivity index (χ4n) is 5.53. The number of aliphatic hydroxyl groups is 2. The normalized spacial score (nSPS) is 29.2. The molecule has 0 saturated carbocycles.